The highest BCUT2D eigenvalue weighted by Crippen LogP contribution is 2.30. The van der Waals surface area contributed by atoms with Gasteiger partial charge in [0.1, 0.15) is 5.01 Å². The molecule has 8 heteroatoms. The van der Waals surface area contributed by atoms with Crippen LogP contribution in [0.1, 0.15) is 39.1 Å². The molecule has 1 aromatic heterocycles. The summed E-state index contributed by atoms with van der Waals surface area (Å²) >= 11 is 1.29. The van der Waals surface area contributed by atoms with Gasteiger partial charge in [0, 0.05) is 30.4 Å². The van der Waals surface area contributed by atoms with Gasteiger partial charge in [-0.05, 0) is 43.5 Å². The van der Waals surface area contributed by atoms with Crippen molar-refractivity contribution in [2.45, 2.75) is 25.7 Å². The van der Waals surface area contributed by atoms with E-state index in [0.29, 0.717) is 18.1 Å². The van der Waals surface area contributed by atoms with E-state index in [4.69, 9.17) is 0 Å². The number of carbonyl (C=O) groups excluding carboxylic acids is 2. The molecule has 1 aliphatic heterocycles. The number of benzene rings is 2. The van der Waals surface area contributed by atoms with E-state index >= 15 is 0 Å². The highest BCUT2D eigenvalue weighted by Gasteiger charge is 2.28. The Hall–Kier alpha value is -3.26. The molecule has 1 saturated heterocycles. The fourth-order valence-electron chi connectivity index (χ4n) is 3.47. The Morgan fingerprint density at radius 2 is 1.80 bits per heavy atom. The number of nitrogens with one attached hydrogen (secondary N) is 2. The number of nitrogens with zero attached hydrogens (tertiary/aromatic N) is 3. The lowest BCUT2D eigenvalue weighted by Crippen LogP contribution is -2.41. The Balaban J connectivity index is 1.39. The molecule has 3 aromatic rings. The van der Waals surface area contributed by atoms with Gasteiger partial charge in [-0.2, -0.15) is 0 Å². The van der Waals surface area contributed by atoms with E-state index in [1.165, 1.54) is 11.3 Å². The number of para-hydroxylation sites is 2. The van der Waals surface area contributed by atoms with Crippen LogP contribution in [0.3, 0.4) is 0 Å². The molecule has 4 rings (SSSR count). The van der Waals surface area contributed by atoms with Crippen molar-refractivity contribution in [2.24, 2.45) is 0 Å². The zero-order valence-corrected chi connectivity index (χ0v) is 17.5. The number of urea groups is 1. The van der Waals surface area contributed by atoms with Crippen LogP contribution in [0.5, 0.6) is 0 Å². The second-order valence-corrected chi connectivity index (χ2v) is 8.30. The molecule has 30 heavy (non-hydrogen) atoms. The standard InChI is InChI=1S/C22H23N5O2S/c1-15-8-5-6-12-18(15)24-22(29)27-13-7-9-16(14-27)20-25-26-21(30-20)19(28)23-17-10-3-2-4-11-17/h2-6,8,10-12,16H,7,9,13-14H2,1H3,(H,23,28)(H,24,29)/t16-/m0/s1. The van der Waals surface area contributed by atoms with E-state index in [1.807, 2.05) is 66.4 Å². The Morgan fingerprint density at radius 1 is 1.03 bits per heavy atom. The van der Waals surface area contributed by atoms with Crippen molar-refractivity contribution in [2.75, 3.05) is 23.7 Å². The normalized spacial score (nSPS) is 16.2. The third-order valence-corrected chi connectivity index (χ3v) is 6.20. The molecule has 1 fully saturated rings. The summed E-state index contributed by atoms with van der Waals surface area (Å²) in [6.45, 7) is 3.24. The van der Waals surface area contributed by atoms with Crippen molar-refractivity contribution < 1.29 is 9.59 Å². The second kappa shape index (κ2) is 9.04. The molecule has 2 heterocycles. The molecule has 1 atom stereocenters. The number of anilines is 2. The van der Waals surface area contributed by atoms with Gasteiger partial charge in [-0.1, -0.05) is 47.7 Å². The zero-order valence-electron chi connectivity index (χ0n) is 16.7. The second-order valence-electron chi connectivity index (χ2n) is 7.30. The molecular formula is C22H23N5O2S. The number of piperidine rings is 1. The minimum atomic E-state index is -0.269. The average molecular weight is 422 g/mol. The van der Waals surface area contributed by atoms with Crippen LogP contribution in [0.15, 0.2) is 54.6 Å². The smallest absolute Gasteiger partial charge is 0.321 e. The van der Waals surface area contributed by atoms with E-state index in [1.54, 1.807) is 0 Å². The van der Waals surface area contributed by atoms with Gasteiger partial charge in [0.2, 0.25) is 5.01 Å². The number of amides is 3. The van der Waals surface area contributed by atoms with E-state index in [9.17, 15) is 9.59 Å². The molecule has 0 bridgehead atoms. The molecule has 0 aliphatic carbocycles. The maximum Gasteiger partial charge on any atom is 0.321 e. The van der Waals surface area contributed by atoms with Crippen LogP contribution < -0.4 is 10.6 Å². The average Bonchev–Trinajstić information content (AvgIpc) is 3.27. The van der Waals surface area contributed by atoms with Crippen molar-refractivity contribution in [1.29, 1.82) is 0 Å². The SMILES string of the molecule is Cc1ccccc1NC(=O)N1CCC[C@H](c2nnc(C(=O)Nc3ccccc3)s2)C1. The minimum Gasteiger partial charge on any atom is -0.324 e. The fraction of sp³-hybridized carbons (Fsp3) is 0.273. The molecule has 154 valence electrons. The van der Waals surface area contributed by atoms with Crippen LogP contribution >= 0.6 is 11.3 Å². The summed E-state index contributed by atoms with van der Waals surface area (Å²) in [6, 6.07) is 16.9. The van der Waals surface area contributed by atoms with Crippen molar-refractivity contribution in [3.8, 4) is 0 Å². The van der Waals surface area contributed by atoms with Gasteiger partial charge in [0.25, 0.3) is 5.91 Å². The summed E-state index contributed by atoms with van der Waals surface area (Å²) in [6.07, 6.45) is 1.81. The number of aryl methyl sites for hydroxylation is 1. The van der Waals surface area contributed by atoms with Gasteiger partial charge in [-0.25, -0.2) is 4.79 Å². The predicted molar refractivity (Wildman–Crippen MR) is 118 cm³/mol. The number of likely N-dealkylation sites (tertiary alicyclic amines) is 1. The van der Waals surface area contributed by atoms with Gasteiger partial charge >= 0.3 is 6.03 Å². The lowest BCUT2D eigenvalue weighted by atomic mass is 9.99. The van der Waals surface area contributed by atoms with E-state index in [0.717, 1.165) is 34.8 Å². The molecule has 3 amide bonds. The van der Waals surface area contributed by atoms with Crippen LogP contribution in [-0.2, 0) is 0 Å². The molecule has 0 saturated carbocycles. The number of hydrogen-bond donors (Lipinski definition) is 2. The minimum absolute atomic E-state index is 0.0807. The molecule has 0 spiro atoms. The molecule has 1 aliphatic rings. The topological polar surface area (TPSA) is 87.2 Å². The Bertz CT molecular complexity index is 1040. The Labute approximate surface area is 179 Å². The molecule has 0 unspecified atom stereocenters. The lowest BCUT2D eigenvalue weighted by molar-refractivity contribution is 0.102. The summed E-state index contributed by atoms with van der Waals surface area (Å²) in [7, 11) is 0. The lowest BCUT2D eigenvalue weighted by Gasteiger charge is -2.31. The van der Waals surface area contributed by atoms with Crippen molar-refractivity contribution >= 4 is 34.6 Å². The van der Waals surface area contributed by atoms with Crippen LogP contribution in [-0.4, -0.2) is 40.1 Å². The van der Waals surface area contributed by atoms with Crippen molar-refractivity contribution in [3.63, 3.8) is 0 Å². The maximum atomic E-state index is 12.7. The first kappa shape index (κ1) is 20.0. The van der Waals surface area contributed by atoms with Gasteiger partial charge in [-0.3, -0.25) is 4.79 Å². The van der Waals surface area contributed by atoms with Gasteiger partial charge in [0.15, 0.2) is 0 Å². The quantitative estimate of drug-likeness (QED) is 0.649. The van der Waals surface area contributed by atoms with Crippen LogP contribution in [0.4, 0.5) is 16.2 Å². The zero-order chi connectivity index (χ0) is 20.9. The van der Waals surface area contributed by atoms with Gasteiger partial charge < -0.3 is 15.5 Å². The number of carbonyl (C=O) groups is 2. The van der Waals surface area contributed by atoms with Gasteiger partial charge in [-0.15, -0.1) is 10.2 Å². The highest BCUT2D eigenvalue weighted by atomic mass is 32.1. The highest BCUT2D eigenvalue weighted by molar-refractivity contribution is 7.13. The van der Waals surface area contributed by atoms with Crippen LogP contribution in [0, 0.1) is 6.92 Å². The molecular weight excluding hydrogens is 398 g/mol. The summed E-state index contributed by atoms with van der Waals surface area (Å²) in [4.78, 5) is 27.0. The van der Waals surface area contributed by atoms with Crippen LogP contribution in [0.25, 0.3) is 0 Å². The number of aromatic nitrogens is 2. The van der Waals surface area contributed by atoms with Gasteiger partial charge in [0.05, 0.1) is 0 Å². The number of hydrogen-bond acceptors (Lipinski definition) is 5. The monoisotopic (exact) mass is 421 g/mol. The first-order chi connectivity index (χ1) is 14.6. The fourth-order valence-corrected chi connectivity index (χ4v) is 4.33. The maximum absolute atomic E-state index is 12.7. The van der Waals surface area contributed by atoms with Crippen molar-refractivity contribution in [1.82, 2.24) is 15.1 Å². The first-order valence-corrected chi connectivity index (χ1v) is 10.7. The Kier molecular flexibility index (Phi) is 6.04. The van der Waals surface area contributed by atoms with E-state index in [-0.39, 0.29) is 17.9 Å². The van der Waals surface area contributed by atoms with Crippen molar-refractivity contribution in [3.05, 3.63) is 70.2 Å². The summed E-state index contributed by atoms with van der Waals surface area (Å²) in [5.41, 5.74) is 2.56. The Morgan fingerprint density at radius 3 is 2.60 bits per heavy atom. The third kappa shape index (κ3) is 4.65. The third-order valence-electron chi connectivity index (χ3n) is 5.11. The van der Waals surface area contributed by atoms with E-state index in [2.05, 4.69) is 20.8 Å². The summed E-state index contributed by atoms with van der Waals surface area (Å²) in [5.74, 6) is -0.188. The molecule has 0 radical (unpaired) electrons. The predicted octanol–water partition coefficient (Wildman–Crippen LogP) is 4.51. The largest absolute Gasteiger partial charge is 0.324 e. The molecule has 7 nitrogen and oxygen atoms in total. The molecule has 2 N–H and O–H groups in total. The molecule has 2 aromatic carbocycles. The van der Waals surface area contributed by atoms with Crippen LogP contribution in [0.2, 0.25) is 0 Å². The van der Waals surface area contributed by atoms with E-state index < -0.39 is 0 Å². The summed E-state index contributed by atoms with van der Waals surface area (Å²) in [5, 5.41) is 15.3. The number of rotatable bonds is 4. The summed E-state index contributed by atoms with van der Waals surface area (Å²) < 4.78 is 0. The first-order valence-electron chi connectivity index (χ1n) is 9.91.